The van der Waals surface area contributed by atoms with Crippen LogP contribution in [-0.4, -0.2) is 32.2 Å². The molecule has 0 aromatic carbocycles. The van der Waals surface area contributed by atoms with Gasteiger partial charge < -0.3 is 9.64 Å². The maximum Gasteiger partial charge on any atom is 0.339 e. The highest BCUT2D eigenvalue weighted by Crippen LogP contribution is 2.14. The van der Waals surface area contributed by atoms with Crippen molar-refractivity contribution in [1.29, 1.82) is 0 Å². The summed E-state index contributed by atoms with van der Waals surface area (Å²) < 4.78 is 17.7. The zero-order valence-corrected chi connectivity index (χ0v) is 8.24. The largest absolute Gasteiger partial charge is 0.465 e. The molecule has 0 unspecified atom stereocenters. The summed E-state index contributed by atoms with van der Waals surface area (Å²) in [6.07, 6.45) is 1.28. The number of methoxy groups -OCH3 is 1. The second-order valence-electron chi connectivity index (χ2n) is 2.92. The van der Waals surface area contributed by atoms with Crippen LogP contribution >= 0.6 is 0 Å². The van der Waals surface area contributed by atoms with Crippen LogP contribution in [0, 0.1) is 5.82 Å². The molecule has 0 aliphatic rings. The Morgan fingerprint density at radius 2 is 2.21 bits per heavy atom. The number of anilines is 1. The van der Waals surface area contributed by atoms with Crippen LogP contribution in [0.3, 0.4) is 0 Å². The third-order valence-corrected chi connectivity index (χ3v) is 1.67. The number of pyridine rings is 1. The Hall–Kier alpha value is -1.65. The van der Waals surface area contributed by atoms with Crippen LogP contribution in [0.2, 0.25) is 0 Å². The molecule has 0 saturated heterocycles. The van der Waals surface area contributed by atoms with Crippen LogP contribution in [0.5, 0.6) is 0 Å². The Morgan fingerprint density at radius 3 is 2.64 bits per heavy atom. The van der Waals surface area contributed by atoms with E-state index in [1.165, 1.54) is 18.2 Å². The van der Waals surface area contributed by atoms with Gasteiger partial charge in [0.15, 0.2) is 11.6 Å². The fourth-order valence-electron chi connectivity index (χ4n) is 0.989. The molecule has 14 heavy (non-hydrogen) atoms. The van der Waals surface area contributed by atoms with Crippen molar-refractivity contribution in [1.82, 2.24) is 4.98 Å². The van der Waals surface area contributed by atoms with E-state index in [4.69, 9.17) is 0 Å². The molecule has 0 aliphatic carbocycles. The number of carbonyl (C=O) groups excluding carboxylic acids is 1. The molecule has 0 spiro atoms. The van der Waals surface area contributed by atoms with Crippen LogP contribution < -0.4 is 4.90 Å². The topological polar surface area (TPSA) is 42.4 Å². The minimum Gasteiger partial charge on any atom is -0.465 e. The van der Waals surface area contributed by atoms with E-state index in [0.29, 0.717) is 0 Å². The molecule has 1 heterocycles. The van der Waals surface area contributed by atoms with Crippen LogP contribution in [0.4, 0.5) is 10.2 Å². The predicted octanol–water partition coefficient (Wildman–Crippen LogP) is 1.07. The monoisotopic (exact) mass is 198 g/mol. The maximum atomic E-state index is 13.3. The van der Waals surface area contributed by atoms with Gasteiger partial charge in [-0.2, -0.15) is 0 Å². The molecule has 0 bridgehead atoms. The third-order valence-electron chi connectivity index (χ3n) is 1.67. The highest BCUT2D eigenvalue weighted by molar-refractivity contribution is 5.89. The molecule has 0 atom stereocenters. The van der Waals surface area contributed by atoms with Crippen molar-refractivity contribution in [2.45, 2.75) is 0 Å². The molecule has 0 aliphatic heterocycles. The number of aromatic nitrogens is 1. The Balaban J connectivity index is 3.06. The van der Waals surface area contributed by atoms with Crippen LogP contribution in [0.25, 0.3) is 0 Å². The molecule has 0 saturated carbocycles. The highest BCUT2D eigenvalue weighted by Gasteiger charge is 2.11. The quantitative estimate of drug-likeness (QED) is 0.667. The summed E-state index contributed by atoms with van der Waals surface area (Å²) in [5.41, 5.74) is 0.107. The van der Waals surface area contributed by atoms with E-state index in [1.807, 2.05) is 0 Å². The molecular weight excluding hydrogens is 187 g/mol. The fraction of sp³-hybridized carbons (Fsp3) is 0.333. The summed E-state index contributed by atoms with van der Waals surface area (Å²) in [6, 6.07) is 1.11. The van der Waals surface area contributed by atoms with Gasteiger partial charge in [-0.3, -0.25) is 0 Å². The smallest absolute Gasteiger partial charge is 0.339 e. The Morgan fingerprint density at radius 1 is 1.57 bits per heavy atom. The summed E-state index contributed by atoms with van der Waals surface area (Å²) in [6.45, 7) is 0. The summed E-state index contributed by atoms with van der Waals surface area (Å²) >= 11 is 0. The lowest BCUT2D eigenvalue weighted by atomic mass is 10.3. The van der Waals surface area contributed by atoms with Crippen molar-refractivity contribution in [3.8, 4) is 0 Å². The summed E-state index contributed by atoms with van der Waals surface area (Å²) in [5, 5.41) is 0. The van der Waals surface area contributed by atoms with E-state index >= 15 is 0 Å². The molecule has 1 rings (SSSR count). The highest BCUT2D eigenvalue weighted by atomic mass is 19.1. The third kappa shape index (κ3) is 1.99. The zero-order valence-electron chi connectivity index (χ0n) is 8.24. The number of hydrogen-bond donors (Lipinski definition) is 0. The average Bonchev–Trinajstić information content (AvgIpc) is 2.15. The zero-order chi connectivity index (χ0) is 10.7. The predicted molar refractivity (Wildman–Crippen MR) is 49.9 cm³/mol. The first-order chi connectivity index (χ1) is 6.56. The number of carbonyl (C=O) groups is 1. The molecule has 4 nitrogen and oxygen atoms in total. The van der Waals surface area contributed by atoms with Crippen LogP contribution in [0.15, 0.2) is 12.3 Å². The van der Waals surface area contributed by atoms with Crippen molar-refractivity contribution >= 4 is 11.8 Å². The first-order valence-corrected chi connectivity index (χ1v) is 3.97. The van der Waals surface area contributed by atoms with E-state index in [1.54, 1.807) is 14.1 Å². The molecule has 0 amide bonds. The standard InChI is InChI=1S/C9H11FN2O2/c1-12(2)8-7(10)4-6(5-11-8)9(13)14-3/h4-5H,1-3H3. The molecule has 5 heteroatoms. The summed E-state index contributed by atoms with van der Waals surface area (Å²) in [5.74, 6) is -0.947. The SMILES string of the molecule is COC(=O)c1cnc(N(C)C)c(F)c1. The van der Waals surface area contributed by atoms with E-state index < -0.39 is 11.8 Å². The van der Waals surface area contributed by atoms with Crippen molar-refractivity contribution in [3.05, 3.63) is 23.6 Å². The molecule has 1 aromatic heterocycles. The normalized spacial score (nSPS) is 9.71. The van der Waals surface area contributed by atoms with E-state index in [0.717, 1.165) is 6.07 Å². The van der Waals surface area contributed by atoms with Gasteiger partial charge in [0, 0.05) is 20.3 Å². The lowest BCUT2D eigenvalue weighted by Gasteiger charge is -2.11. The number of ether oxygens (including phenoxy) is 1. The molecular formula is C9H11FN2O2. The lowest BCUT2D eigenvalue weighted by Crippen LogP contribution is -2.14. The average molecular weight is 198 g/mol. The first-order valence-electron chi connectivity index (χ1n) is 3.97. The van der Waals surface area contributed by atoms with Crippen molar-refractivity contribution < 1.29 is 13.9 Å². The lowest BCUT2D eigenvalue weighted by molar-refractivity contribution is 0.0599. The Kier molecular flexibility index (Phi) is 3.01. The van der Waals surface area contributed by atoms with E-state index in [2.05, 4.69) is 9.72 Å². The fourth-order valence-corrected chi connectivity index (χ4v) is 0.989. The first kappa shape index (κ1) is 10.4. The number of esters is 1. The minimum atomic E-state index is -0.596. The molecule has 76 valence electrons. The maximum absolute atomic E-state index is 13.3. The molecule has 1 aromatic rings. The van der Waals surface area contributed by atoms with Crippen molar-refractivity contribution in [2.24, 2.45) is 0 Å². The van der Waals surface area contributed by atoms with Gasteiger partial charge in [-0.15, -0.1) is 0 Å². The van der Waals surface area contributed by atoms with Gasteiger partial charge in [0.25, 0.3) is 0 Å². The van der Waals surface area contributed by atoms with Gasteiger partial charge in [-0.25, -0.2) is 14.2 Å². The molecule has 0 N–H and O–H groups in total. The van der Waals surface area contributed by atoms with Crippen LogP contribution in [-0.2, 0) is 4.74 Å². The Labute approximate surface area is 81.3 Å². The molecule has 0 radical (unpaired) electrons. The number of hydrogen-bond acceptors (Lipinski definition) is 4. The van der Waals surface area contributed by atoms with Gasteiger partial charge in [-0.1, -0.05) is 0 Å². The number of nitrogens with zero attached hydrogens (tertiary/aromatic N) is 2. The van der Waals surface area contributed by atoms with Gasteiger partial charge >= 0.3 is 5.97 Å². The van der Waals surface area contributed by atoms with Crippen LogP contribution in [0.1, 0.15) is 10.4 Å². The van der Waals surface area contributed by atoms with E-state index in [-0.39, 0.29) is 11.4 Å². The second-order valence-corrected chi connectivity index (χ2v) is 2.92. The van der Waals surface area contributed by atoms with Gasteiger partial charge in [-0.05, 0) is 6.07 Å². The van der Waals surface area contributed by atoms with Crippen molar-refractivity contribution in [3.63, 3.8) is 0 Å². The number of rotatable bonds is 2. The summed E-state index contributed by atoms with van der Waals surface area (Å²) in [4.78, 5) is 16.3. The summed E-state index contributed by atoms with van der Waals surface area (Å²) in [7, 11) is 4.58. The number of halogens is 1. The Bertz CT molecular complexity index is 353. The minimum absolute atomic E-state index is 0.107. The van der Waals surface area contributed by atoms with Gasteiger partial charge in [0.2, 0.25) is 0 Å². The van der Waals surface area contributed by atoms with E-state index in [9.17, 15) is 9.18 Å². The van der Waals surface area contributed by atoms with Crippen molar-refractivity contribution in [2.75, 3.05) is 26.1 Å². The molecule has 0 fully saturated rings. The second kappa shape index (κ2) is 4.04. The van der Waals surface area contributed by atoms with Gasteiger partial charge in [0.05, 0.1) is 12.7 Å². The van der Waals surface area contributed by atoms with Gasteiger partial charge in [0.1, 0.15) is 0 Å².